The van der Waals surface area contributed by atoms with Gasteiger partial charge in [0.15, 0.2) is 0 Å². The molecule has 106 valence electrons. The summed E-state index contributed by atoms with van der Waals surface area (Å²) in [6.45, 7) is 2.40. The van der Waals surface area contributed by atoms with Gasteiger partial charge in [-0.3, -0.25) is 4.79 Å². The zero-order chi connectivity index (χ0) is 15.1. The summed E-state index contributed by atoms with van der Waals surface area (Å²) in [6.07, 6.45) is 0.982. The van der Waals surface area contributed by atoms with Crippen LogP contribution in [-0.2, 0) is 6.42 Å². The molecular weight excluding hydrogens is 260 g/mol. The third kappa shape index (κ3) is 4.20. The standard InChI is InChI=1S/C18H18N2O/c1-2-14-8-10-17(11-9-14)20-18(21)16-7-3-5-15(13-16)6-4-12-19/h3,5,7-11,13H,2,12,19H2,1H3,(H,20,21). The highest BCUT2D eigenvalue weighted by atomic mass is 16.1. The molecule has 3 heteroatoms. The Kier molecular flexibility index (Phi) is 5.14. The molecule has 2 aromatic rings. The van der Waals surface area contributed by atoms with Crippen LogP contribution in [-0.4, -0.2) is 12.5 Å². The molecule has 0 heterocycles. The van der Waals surface area contributed by atoms with Gasteiger partial charge < -0.3 is 11.1 Å². The van der Waals surface area contributed by atoms with E-state index in [2.05, 4.69) is 24.1 Å². The van der Waals surface area contributed by atoms with Crippen molar-refractivity contribution >= 4 is 11.6 Å². The summed E-state index contributed by atoms with van der Waals surface area (Å²) >= 11 is 0. The Labute approximate surface area is 125 Å². The van der Waals surface area contributed by atoms with Gasteiger partial charge in [-0.15, -0.1) is 0 Å². The van der Waals surface area contributed by atoms with Crippen molar-refractivity contribution in [2.75, 3.05) is 11.9 Å². The smallest absolute Gasteiger partial charge is 0.255 e. The molecule has 2 rings (SSSR count). The highest BCUT2D eigenvalue weighted by Gasteiger charge is 2.06. The number of nitrogens with two attached hydrogens (primary N) is 1. The van der Waals surface area contributed by atoms with E-state index in [0.717, 1.165) is 17.7 Å². The van der Waals surface area contributed by atoms with Crippen molar-refractivity contribution in [3.05, 3.63) is 65.2 Å². The average Bonchev–Trinajstić information content (AvgIpc) is 2.54. The monoisotopic (exact) mass is 278 g/mol. The Balaban J connectivity index is 2.12. The third-order valence-corrected chi connectivity index (χ3v) is 3.08. The zero-order valence-corrected chi connectivity index (χ0v) is 12.0. The SMILES string of the molecule is CCc1ccc(NC(=O)c2cccc(C#CCN)c2)cc1. The van der Waals surface area contributed by atoms with Gasteiger partial charge >= 0.3 is 0 Å². The fraction of sp³-hybridized carbons (Fsp3) is 0.167. The van der Waals surface area contributed by atoms with E-state index in [1.807, 2.05) is 36.4 Å². The Bertz CT molecular complexity index is 678. The van der Waals surface area contributed by atoms with Crippen molar-refractivity contribution in [2.24, 2.45) is 5.73 Å². The van der Waals surface area contributed by atoms with Crippen molar-refractivity contribution in [1.29, 1.82) is 0 Å². The molecule has 0 unspecified atom stereocenters. The Morgan fingerprint density at radius 2 is 1.95 bits per heavy atom. The molecule has 3 N–H and O–H groups in total. The molecule has 0 aliphatic carbocycles. The van der Waals surface area contributed by atoms with Crippen LogP contribution in [0.2, 0.25) is 0 Å². The second-order valence-electron chi connectivity index (χ2n) is 4.59. The van der Waals surface area contributed by atoms with Gasteiger partial charge in [0.25, 0.3) is 5.91 Å². The Hall–Kier alpha value is -2.57. The minimum atomic E-state index is -0.143. The molecule has 21 heavy (non-hydrogen) atoms. The van der Waals surface area contributed by atoms with Crippen LogP contribution >= 0.6 is 0 Å². The first-order valence-corrected chi connectivity index (χ1v) is 6.92. The molecule has 0 saturated carbocycles. The number of benzene rings is 2. The highest BCUT2D eigenvalue weighted by Crippen LogP contribution is 2.12. The number of aryl methyl sites for hydroxylation is 1. The van der Waals surface area contributed by atoms with Gasteiger partial charge in [-0.05, 0) is 42.3 Å². The van der Waals surface area contributed by atoms with Gasteiger partial charge in [0.2, 0.25) is 0 Å². The normalized spacial score (nSPS) is 9.62. The largest absolute Gasteiger partial charge is 0.322 e. The van der Waals surface area contributed by atoms with Crippen LogP contribution in [0.3, 0.4) is 0 Å². The van der Waals surface area contributed by atoms with Gasteiger partial charge in [0.05, 0.1) is 6.54 Å². The second kappa shape index (κ2) is 7.28. The molecule has 0 aromatic heterocycles. The van der Waals surface area contributed by atoms with E-state index in [-0.39, 0.29) is 5.91 Å². The van der Waals surface area contributed by atoms with E-state index in [9.17, 15) is 4.79 Å². The van der Waals surface area contributed by atoms with Crippen molar-refractivity contribution in [3.63, 3.8) is 0 Å². The van der Waals surface area contributed by atoms with Gasteiger partial charge in [0, 0.05) is 16.8 Å². The maximum absolute atomic E-state index is 12.2. The average molecular weight is 278 g/mol. The lowest BCUT2D eigenvalue weighted by atomic mass is 10.1. The summed E-state index contributed by atoms with van der Waals surface area (Å²) in [5, 5.41) is 2.88. The van der Waals surface area contributed by atoms with Crippen molar-refractivity contribution < 1.29 is 4.79 Å². The van der Waals surface area contributed by atoms with E-state index in [4.69, 9.17) is 5.73 Å². The molecule has 2 aromatic carbocycles. The molecule has 0 saturated heterocycles. The molecule has 0 spiro atoms. The maximum Gasteiger partial charge on any atom is 0.255 e. The lowest BCUT2D eigenvalue weighted by Gasteiger charge is -2.06. The first kappa shape index (κ1) is 14.8. The van der Waals surface area contributed by atoms with Crippen LogP contribution in [0, 0.1) is 11.8 Å². The molecule has 0 atom stereocenters. The summed E-state index contributed by atoms with van der Waals surface area (Å²) in [7, 11) is 0. The van der Waals surface area contributed by atoms with E-state index in [0.29, 0.717) is 12.1 Å². The van der Waals surface area contributed by atoms with Crippen LogP contribution < -0.4 is 11.1 Å². The summed E-state index contributed by atoms with van der Waals surface area (Å²) < 4.78 is 0. The van der Waals surface area contributed by atoms with Gasteiger partial charge in [-0.1, -0.05) is 37.0 Å². The summed E-state index contributed by atoms with van der Waals surface area (Å²) in [5.41, 5.74) is 8.75. The van der Waals surface area contributed by atoms with Crippen LogP contribution in [0.5, 0.6) is 0 Å². The van der Waals surface area contributed by atoms with Gasteiger partial charge in [-0.2, -0.15) is 0 Å². The van der Waals surface area contributed by atoms with E-state index in [1.54, 1.807) is 12.1 Å². The van der Waals surface area contributed by atoms with Crippen molar-refractivity contribution in [1.82, 2.24) is 0 Å². The number of rotatable bonds is 3. The minimum Gasteiger partial charge on any atom is -0.322 e. The van der Waals surface area contributed by atoms with Crippen LogP contribution in [0.1, 0.15) is 28.4 Å². The fourth-order valence-electron chi connectivity index (χ4n) is 1.92. The fourth-order valence-corrected chi connectivity index (χ4v) is 1.92. The Morgan fingerprint density at radius 1 is 1.19 bits per heavy atom. The summed E-state index contributed by atoms with van der Waals surface area (Å²) in [6, 6.07) is 15.0. The van der Waals surface area contributed by atoms with E-state index >= 15 is 0 Å². The molecule has 0 bridgehead atoms. The van der Waals surface area contributed by atoms with Crippen LogP contribution in [0.25, 0.3) is 0 Å². The lowest BCUT2D eigenvalue weighted by molar-refractivity contribution is 0.102. The van der Waals surface area contributed by atoms with Crippen molar-refractivity contribution in [3.8, 4) is 11.8 Å². The topological polar surface area (TPSA) is 55.1 Å². The molecule has 0 aliphatic rings. The van der Waals surface area contributed by atoms with Crippen molar-refractivity contribution in [2.45, 2.75) is 13.3 Å². The minimum absolute atomic E-state index is 0.143. The lowest BCUT2D eigenvalue weighted by Crippen LogP contribution is -2.11. The number of hydrogen-bond acceptors (Lipinski definition) is 2. The van der Waals surface area contributed by atoms with E-state index in [1.165, 1.54) is 5.56 Å². The quantitative estimate of drug-likeness (QED) is 0.848. The molecule has 3 nitrogen and oxygen atoms in total. The first-order valence-electron chi connectivity index (χ1n) is 6.92. The number of anilines is 1. The number of nitrogens with one attached hydrogen (secondary N) is 1. The molecule has 1 amide bonds. The van der Waals surface area contributed by atoms with Gasteiger partial charge in [0.1, 0.15) is 0 Å². The highest BCUT2D eigenvalue weighted by molar-refractivity contribution is 6.04. The number of carbonyl (C=O) groups excluding carboxylic acids is 1. The third-order valence-electron chi connectivity index (χ3n) is 3.08. The molecule has 0 aliphatic heterocycles. The van der Waals surface area contributed by atoms with E-state index < -0.39 is 0 Å². The molecule has 0 fully saturated rings. The summed E-state index contributed by atoms with van der Waals surface area (Å²) in [5.74, 6) is 5.56. The summed E-state index contributed by atoms with van der Waals surface area (Å²) in [4.78, 5) is 12.2. The maximum atomic E-state index is 12.2. The van der Waals surface area contributed by atoms with Crippen LogP contribution in [0.15, 0.2) is 48.5 Å². The predicted molar refractivity (Wildman–Crippen MR) is 86.1 cm³/mol. The molecular formula is C18H18N2O. The van der Waals surface area contributed by atoms with Gasteiger partial charge in [-0.25, -0.2) is 0 Å². The number of carbonyl (C=O) groups is 1. The predicted octanol–water partition coefficient (Wildman–Crippen LogP) is 2.81. The second-order valence-corrected chi connectivity index (χ2v) is 4.59. The Morgan fingerprint density at radius 3 is 2.62 bits per heavy atom. The molecule has 0 radical (unpaired) electrons. The zero-order valence-electron chi connectivity index (χ0n) is 12.0. The van der Waals surface area contributed by atoms with Crippen LogP contribution in [0.4, 0.5) is 5.69 Å². The number of hydrogen-bond donors (Lipinski definition) is 2. The first-order chi connectivity index (χ1) is 10.2. The number of amides is 1.